The van der Waals surface area contributed by atoms with Gasteiger partial charge in [0.2, 0.25) is 5.91 Å². The van der Waals surface area contributed by atoms with E-state index in [4.69, 9.17) is 0 Å². The summed E-state index contributed by atoms with van der Waals surface area (Å²) in [6, 6.07) is 10.7. The van der Waals surface area contributed by atoms with Gasteiger partial charge in [0.1, 0.15) is 5.82 Å². The number of piperidine rings is 1. The third-order valence-electron chi connectivity index (χ3n) is 4.53. The molecule has 2 N–H and O–H groups in total. The zero-order valence-corrected chi connectivity index (χ0v) is 15.4. The highest BCUT2D eigenvalue weighted by Crippen LogP contribution is 2.27. The fourth-order valence-corrected chi connectivity index (χ4v) is 3.59. The standard InChI is InChI=1S/C18H25N5OS/c1-25-13-17-20-16(21-22-17)11-19-18(24)12-23-9-7-15(8-10-23)14-5-3-2-4-6-14/h2-6,15H,7-13H2,1H3,(H,19,24)(H,20,21,22). The van der Waals surface area contributed by atoms with Crippen molar-refractivity contribution < 1.29 is 4.79 Å². The number of nitrogens with zero attached hydrogens (tertiary/aromatic N) is 3. The number of amides is 1. The summed E-state index contributed by atoms with van der Waals surface area (Å²) >= 11 is 1.68. The number of carbonyl (C=O) groups excluding carboxylic acids is 1. The zero-order chi connectivity index (χ0) is 17.5. The van der Waals surface area contributed by atoms with Crippen molar-refractivity contribution in [3.63, 3.8) is 0 Å². The van der Waals surface area contributed by atoms with Crippen LogP contribution < -0.4 is 5.32 Å². The molecule has 7 heteroatoms. The normalized spacial score (nSPS) is 16.0. The summed E-state index contributed by atoms with van der Waals surface area (Å²) in [4.78, 5) is 18.7. The Hall–Kier alpha value is -1.86. The van der Waals surface area contributed by atoms with Gasteiger partial charge in [-0.2, -0.15) is 16.9 Å². The van der Waals surface area contributed by atoms with Crippen molar-refractivity contribution in [3.8, 4) is 0 Å². The highest BCUT2D eigenvalue weighted by molar-refractivity contribution is 7.97. The number of H-pyrrole nitrogens is 1. The molecule has 0 bridgehead atoms. The molecule has 134 valence electrons. The minimum atomic E-state index is 0.0426. The van der Waals surface area contributed by atoms with Gasteiger partial charge < -0.3 is 5.32 Å². The van der Waals surface area contributed by atoms with Crippen molar-refractivity contribution in [3.05, 3.63) is 47.5 Å². The third kappa shape index (κ3) is 5.31. The summed E-state index contributed by atoms with van der Waals surface area (Å²) < 4.78 is 0. The maximum Gasteiger partial charge on any atom is 0.234 e. The van der Waals surface area contributed by atoms with Crippen molar-refractivity contribution in [1.29, 1.82) is 0 Å². The molecule has 2 aromatic rings. The molecule has 1 aromatic heterocycles. The van der Waals surface area contributed by atoms with Gasteiger partial charge in [-0.15, -0.1) is 0 Å². The van der Waals surface area contributed by atoms with Crippen LogP contribution in [0.2, 0.25) is 0 Å². The predicted molar refractivity (Wildman–Crippen MR) is 100 cm³/mol. The summed E-state index contributed by atoms with van der Waals surface area (Å²) in [6.07, 6.45) is 4.23. The molecular formula is C18H25N5OS. The average Bonchev–Trinajstić information content (AvgIpc) is 3.09. The average molecular weight is 359 g/mol. The van der Waals surface area contributed by atoms with E-state index >= 15 is 0 Å². The molecule has 0 saturated carbocycles. The van der Waals surface area contributed by atoms with E-state index < -0.39 is 0 Å². The lowest BCUT2D eigenvalue weighted by atomic mass is 9.89. The van der Waals surface area contributed by atoms with Gasteiger partial charge in [-0.05, 0) is 43.7 Å². The van der Waals surface area contributed by atoms with Crippen LogP contribution in [-0.4, -0.2) is 51.9 Å². The third-order valence-corrected chi connectivity index (χ3v) is 5.08. The van der Waals surface area contributed by atoms with Crippen LogP contribution in [0.4, 0.5) is 0 Å². The van der Waals surface area contributed by atoms with Crippen LogP contribution in [-0.2, 0) is 17.1 Å². The lowest BCUT2D eigenvalue weighted by Crippen LogP contribution is -2.41. The fraction of sp³-hybridized carbons (Fsp3) is 0.500. The van der Waals surface area contributed by atoms with Gasteiger partial charge in [0, 0.05) is 0 Å². The van der Waals surface area contributed by atoms with E-state index in [1.54, 1.807) is 11.8 Å². The monoisotopic (exact) mass is 359 g/mol. The second-order valence-electron chi connectivity index (χ2n) is 6.37. The Labute approximate surface area is 152 Å². The van der Waals surface area contributed by atoms with Crippen molar-refractivity contribution in [2.24, 2.45) is 0 Å². The van der Waals surface area contributed by atoms with Crippen LogP contribution in [0.15, 0.2) is 30.3 Å². The number of carbonyl (C=O) groups is 1. The molecule has 1 aromatic carbocycles. The number of hydrogen-bond acceptors (Lipinski definition) is 5. The molecule has 25 heavy (non-hydrogen) atoms. The van der Waals surface area contributed by atoms with Gasteiger partial charge in [0.15, 0.2) is 5.82 Å². The minimum absolute atomic E-state index is 0.0426. The quantitative estimate of drug-likeness (QED) is 0.792. The first kappa shape index (κ1) is 17.9. The van der Waals surface area contributed by atoms with Crippen molar-refractivity contribution in [2.75, 3.05) is 25.9 Å². The summed E-state index contributed by atoms with van der Waals surface area (Å²) in [7, 11) is 0. The Morgan fingerprint density at radius 2 is 2.08 bits per heavy atom. The number of thioether (sulfide) groups is 1. The summed E-state index contributed by atoms with van der Waals surface area (Å²) in [6.45, 7) is 2.79. The van der Waals surface area contributed by atoms with Crippen LogP contribution in [0.1, 0.15) is 36.0 Å². The first-order chi connectivity index (χ1) is 12.2. The van der Waals surface area contributed by atoms with Crippen LogP contribution in [0.3, 0.4) is 0 Å². The van der Waals surface area contributed by atoms with E-state index in [9.17, 15) is 4.79 Å². The van der Waals surface area contributed by atoms with Crippen LogP contribution in [0, 0.1) is 0 Å². The molecule has 1 aliphatic rings. The Bertz CT molecular complexity index is 667. The van der Waals surface area contributed by atoms with Gasteiger partial charge in [-0.3, -0.25) is 14.8 Å². The largest absolute Gasteiger partial charge is 0.348 e. The highest BCUT2D eigenvalue weighted by Gasteiger charge is 2.21. The molecule has 2 heterocycles. The fourth-order valence-electron chi connectivity index (χ4n) is 3.20. The van der Waals surface area contributed by atoms with Gasteiger partial charge in [-0.1, -0.05) is 30.3 Å². The van der Waals surface area contributed by atoms with E-state index in [0.717, 1.165) is 37.5 Å². The molecule has 0 unspecified atom stereocenters. The van der Waals surface area contributed by atoms with E-state index in [-0.39, 0.29) is 5.91 Å². The highest BCUT2D eigenvalue weighted by atomic mass is 32.2. The van der Waals surface area contributed by atoms with Crippen molar-refractivity contribution in [1.82, 2.24) is 25.4 Å². The van der Waals surface area contributed by atoms with E-state index in [1.807, 2.05) is 6.26 Å². The van der Waals surface area contributed by atoms with Crippen molar-refractivity contribution >= 4 is 17.7 Å². The molecule has 1 amide bonds. The number of aromatic nitrogens is 3. The molecule has 6 nitrogen and oxygen atoms in total. The Kier molecular flexibility index (Phi) is 6.47. The Balaban J connectivity index is 1.39. The summed E-state index contributed by atoms with van der Waals surface area (Å²) in [5.74, 6) is 2.92. The molecule has 3 rings (SSSR count). The number of likely N-dealkylation sites (tertiary alicyclic amines) is 1. The molecule has 1 saturated heterocycles. The number of rotatable bonds is 7. The van der Waals surface area contributed by atoms with E-state index in [2.05, 4.69) is 55.7 Å². The minimum Gasteiger partial charge on any atom is -0.348 e. The van der Waals surface area contributed by atoms with Gasteiger partial charge in [-0.25, -0.2) is 4.98 Å². The Morgan fingerprint density at radius 3 is 2.80 bits per heavy atom. The number of nitrogens with one attached hydrogen (secondary N) is 2. The lowest BCUT2D eigenvalue weighted by molar-refractivity contribution is -0.122. The van der Waals surface area contributed by atoms with E-state index in [0.29, 0.717) is 24.8 Å². The summed E-state index contributed by atoms with van der Waals surface area (Å²) in [5, 5.41) is 9.91. The first-order valence-corrected chi connectivity index (χ1v) is 10.1. The number of aromatic amines is 1. The molecule has 0 spiro atoms. The predicted octanol–water partition coefficient (Wildman–Crippen LogP) is 2.16. The van der Waals surface area contributed by atoms with Crippen molar-refractivity contribution in [2.45, 2.75) is 31.1 Å². The van der Waals surface area contributed by atoms with Gasteiger partial charge in [0.25, 0.3) is 0 Å². The van der Waals surface area contributed by atoms with Crippen LogP contribution in [0.25, 0.3) is 0 Å². The topological polar surface area (TPSA) is 73.9 Å². The second kappa shape index (κ2) is 9.01. The smallest absolute Gasteiger partial charge is 0.234 e. The number of benzene rings is 1. The lowest BCUT2D eigenvalue weighted by Gasteiger charge is -2.31. The molecule has 0 aliphatic carbocycles. The molecule has 0 atom stereocenters. The second-order valence-corrected chi connectivity index (χ2v) is 7.24. The SMILES string of the molecule is CSCc1n[nH]c(CNC(=O)CN2CCC(c3ccccc3)CC2)n1. The maximum absolute atomic E-state index is 12.1. The molecule has 1 aliphatic heterocycles. The van der Waals surface area contributed by atoms with E-state index in [1.165, 1.54) is 5.56 Å². The number of hydrogen-bond donors (Lipinski definition) is 2. The molecule has 1 fully saturated rings. The maximum atomic E-state index is 12.1. The summed E-state index contributed by atoms with van der Waals surface area (Å²) in [5.41, 5.74) is 1.41. The van der Waals surface area contributed by atoms with Crippen LogP contribution >= 0.6 is 11.8 Å². The molecular weight excluding hydrogens is 334 g/mol. The van der Waals surface area contributed by atoms with Crippen LogP contribution in [0.5, 0.6) is 0 Å². The first-order valence-electron chi connectivity index (χ1n) is 8.67. The molecule has 0 radical (unpaired) electrons. The van der Waals surface area contributed by atoms with Gasteiger partial charge in [0.05, 0.1) is 18.8 Å². The Morgan fingerprint density at radius 1 is 1.32 bits per heavy atom. The van der Waals surface area contributed by atoms with Gasteiger partial charge >= 0.3 is 0 Å². The zero-order valence-electron chi connectivity index (χ0n) is 14.6.